The molecule has 0 aliphatic rings. The van der Waals surface area contributed by atoms with Crippen LogP contribution in [-0.4, -0.2) is 30.5 Å². The minimum Gasteiger partial charge on any atom is -0.356 e. The number of hydrogen-bond donors (Lipinski definition) is 0. The van der Waals surface area contributed by atoms with Gasteiger partial charge in [0, 0.05) is 0 Å². The van der Waals surface area contributed by atoms with E-state index in [-0.39, 0.29) is 41.7 Å². The zero-order chi connectivity index (χ0) is 21.5. The maximum Gasteiger partial charge on any atom is 4.00 e. The SMILES string of the molecule is O=[N+]([O-])[O-].O=[N+]([O-])[O-].O=[N+]([O-])[O-].O=[N+]([O-])[O-].O=[N+]([O-])[O-].O=[N+]([O-])[O-].[Ce+4]. The van der Waals surface area contributed by atoms with Gasteiger partial charge in [-0.25, -0.2) is 0 Å². The van der Waals surface area contributed by atoms with E-state index < -0.39 is 30.5 Å². The minimum absolute atomic E-state index is 0. The van der Waals surface area contributed by atoms with Gasteiger partial charge in [-0.2, -0.15) is 0 Å². The van der Waals surface area contributed by atoms with E-state index in [1.807, 2.05) is 0 Å². The number of hydrogen-bond acceptors (Lipinski definition) is 18. The molecule has 0 fully saturated rings. The van der Waals surface area contributed by atoms with Crippen LogP contribution in [0.25, 0.3) is 0 Å². The Morgan fingerprint density at radius 1 is 0.280 bits per heavy atom. The maximum absolute atomic E-state index is 8.25. The third kappa shape index (κ3) is 606. The average Bonchev–Trinajstić information content (AvgIpc) is 2.08. The number of rotatable bonds is 0. The molecule has 0 spiro atoms. The summed E-state index contributed by atoms with van der Waals surface area (Å²) < 4.78 is 0. The zero-order valence-corrected chi connectivity index (χ0v) is 13.7. The second-order valence-corrected chi connectivity index (χ2v) is 1.34. The summed E-state index contributed by atoms with van der Waals surface area (Å²) in [6.45, 7) is 0. The molecule has 0 amide bonds. The molecule has 0 aromatic carbocycles. The number of nitrogens with zero attached hydrogens (tertiary/aromatic N) is 6. The van der Waals surface area contributed by atoms with Crippen molar-refractivity contribution < 1.29 is 72.3 Å². The van der Waals surface area contributed by atoms with Crippen LogP contribution in [0.2, 0.25) is 0 Å². The summed E-state index contributed by atoms with van der Waals surface area (Å²) in [6, 6.07) is 0. The summed E-state index contributed by atoms with van der Waals surface area (Å²) >= 11 is 0. The average molecular weight is 512 g/mol. The molecule has 0 saturated heterocycles. The van der Waals surface area contributed by atoms with Crippen LogP contribution in [0.1, 0.15) is 0 Å². The first-order valence-electron chi connectivity index (χ1n) is 3.29. The Bertz CT molecular complexity index is 257. The topological polar surface area (TPSA) is 397 Å². The van der Waals surface area contributed by atoms with Gasteiger partial charge >= 0.3 is 41.7 Å². The molecule has 25 heteroatoms. The molecule has 0 aliphatic carbocycles. The van der Waals surface area contributed by atoms with Crippen LogP contribution in [0.3, 0.4) is 0 Å². The van der Waals surface area contributed by atoms with Crippen molar-refractivity contribution in [2.45, 2.75) is 0 Å². The summed E-state index contributed by atoms with van der Waals surface area (Å²) in [5.74, 6) is 0. The molecule has 0 radical (unpaired) electrons. The van der Waals surface area contributed by atoms with E-state index in [4.69, 9.17) is 91.9 Å². The van der Waals surface area contributed by atoms with Gasteiger partial charge in [-0.1, -0.05) is 0 Å². The predicted octanol–water partition coefficient (Wildman–Crippen LogP) is -1.43. The van der Waals surface area contributed by atoms with Crippen LogP contribution in [0.5, 0.6) is 0 Å². The Hall–Kier alpha value is -3.42. The standard InChI is InChI=1S/Ce.6NO3/c;6*2-1(3)4/q+4;6*-1. The van der Waals surface area contributed by atoms with E-state index in [2.05, 4.69) is 0 Å². The third-order valence-electron chi connectivity index (χ3n) is 0. The first-order valence-corrected chi connectivity index (χ1v) is 3.29. The molecule has 0 aromatic heterocycles. The fourth-order valence-electron chi connectivity index (χ4n) is 0. The fraction of sp³-hybridized carbons (Fsp3) is 0. The smallest absolute Gasteiger partial charge is 0.356 e. The second-order valence-electron chi connectivity index (χ2n) is 1.34. The molecule has 0 bridgehead atoms. The molecule has 0 heterocycles. The van der Waals surface area contributed by atoms with E-state index in [0.29, 0.717) is 0 Å². The van der Waals surface area contributed by atoms with Crippen molar-refractivity contribution in [3.05, 3.63) is 91.9 Å². The molecule has 0 aromatic rings. The van der Waals surface area contributed by atoms with Crippen molar-refractivity contribution in [2.75, 3.05) is 0 Å². The maximum atomic E-state index is 8.25. The molecule has 0 N–H and O–H groups in total. The van der Waals surface area contributed by atoms with Crippen LogP contribution in [0.4, 0.5) is 0 Å². The van der Waals surface area contributed by atoms with Crippen molar-refractivity contribution in [3.63, 3.8) is 0 Å². The van der Waals surface area contributed by atoms with E-state index in [1.165, 1.54) is 0 Å². The van der Waals surface area contributed by atoms with Gasteiger partial charge in [0.15, 0.2) is 0 Å². The van der Waals surface area contributed by atoms with Crippen LogP contribution in [-0.2, 0) is 0 Å². The molecule has 25 heavy (non-hydrogen) atoms. The predicted molar refractivity (Wildman–Crippen MR) is 62.2 cm³/mol. The molecule has 0 saturated carbocycles. The molecule has 0 aliphatic heterocycles. The van der Waals surface area contributed by atoms with Gasteiger partial charge in [0.25, 0.3) is 0 Å². The zero-order valence-electron chi connectivity index (χ0n) is 10.5. The van der Waals surface area contributed by atoms with Gasteiger partial charge in [0.2, 0.25) is 0 Å². The Morgan fingerprint density at radius 3 is 0.280 bits per heavy atom. The summed E-state index contributed by atoms with van der Waals surface area (Å²) in [7, 11) is 0. The van der Waals surface area contributed by atoms with Gasteiger partial charge in [-0.15, -0.1) is 0 Å². The fourth-order valence-corrected chi connectivity index (χ4v) is 0. The molecular weight excluding hydrogens is 512 g/mol. The monoisotopic (exact) mass is 512 g/mol. The molecule has 144 valence electrons. The third-order valence-corrected chi connectivity index (χ3v) is 0. The first-order chi connectivity index (χ1) is 10.4. The Balaban J connectivity index is -0.0000000309. The van der Waals surface area contributed by atoms with Crippen molar-refractivity contribution >= 4 is 0 Å². The summed E-state index contributed by atoms with van der Waals surface area (Å²) in [5.41, 5.74) is 0. The summed E-state index contributed by atoms with van der Waals surface area (Å²) in [5, 5.41) is 88.5. The quantitative estimate of drug-likeness (QED) is 0.265. The van der Waals surface area contributed by atoms with Crippen molar-refractivity contribution in [2.24, 2.45) is 0 Å². The van der Waals surface area contributed by atoms with Crippen molar-refractivity contribution in [1.29, 1.82) is 0 Å². The summed E-state index contributed by atoms with van der Waals surface area (Å²) in [6.07, 6.45) is 0. The molecule has 0 unspecified atom stereocenters. The van der Waals surface area contributed by atoms with E-state index in [9.17, 15) is 0 Å². The normalized spacial score (nSPS) is 5.76. The van der Waals surface area contributed by atoms with E-state index in [0.717, 1.165) is 0 Å². The van der Waals surface area contributed by atoms with Gasteiger partial charge in [-0.3, -0.25) is 0 Å². The molecule has 24 nitrogen and oxygen atoms in total. The van der Waals surface area contributed by atoms with Crippen LogP contribution >= 0.6 is 0 Å². The summed E-state index contributed by atoms with van der Waals surface area (Å²) in [4.78, 5) is 49.5. The Labute approximate surface area is 164 Å². The van der Waals surface area contributed by atoms with Crippen molar-refractivity contribution in [3.8, 4) is 0 Å². The van der Waals surface area contributed by atoms with Gasteiger partial charge in [0.05, 0.1) is 30.5 Å². The minimum atomic E-state index is -1.75. The Morgan fingerprint density at radius 2 is 0.280 bits per heavy atom. The molecule has 0 atom stereocenters. The largest absolute Gasteiger partial charge is 4.00 e. The molecule has 0 rings (SSSR count). The van der Waals surface area contributed by atoms with Crippen LogP contribution in [0, 0.1) is 134 Å². The van der Waals surface area contributed by atoms with Crippen LogP contribution < -0.4 is 0 Å². The van der Waals surface area contributed by atoms with E-state index >= 15 is 0 Å². The van der Waals surface area contributed by atoms with Gasteiger partial charge in [0.1, 0.15) is 0 Å². The van der Waals surface area contributed by atoms with Gasteiger partial charge in [-0.05, 0) is 0 Å². The van der Waals surface area contributed by atoms with Gasteiger partial charge < -0.3 is 91.9 Å². The van der Waals surface area contributed by atoms with Crippen LogP contribution in [0.15, 0.2) is 0 Å². The first kappa shape index (κ1) is 43.0. The molecular formula is CeN6O18-2. The second kappa shape index (κ2) is 37.1. The van der Waals surface area contributed by atoms with E-state index in [1.54, 1.807) is 0 Å². The Kier molecular flexibility index (Phi) is 63.8. The van der Waals surface area contributed by atoms with Crippen molar-refractivity contribution in [1.82, 2.24) is 0 Å².